The second kappa shape index (κ2) is 7.36. The first-order chi connectivity index (χ1) is 11.9. The Balaban J connectivity index is 1.95. The molecule has 0 unspecified atom stereocenters. The standard InChI is InChI=1S/C19H27N3O2S/c1-4-15-11-16(22(23)24)7-8-17(15)20-18-21(12-14(2)3)19(13-25-18)9-5-6-10-19/h7-8,11,14H,4-6,9-10,12-13H2,1-3H3. The lowest BCUT2D eigenvalue weighted by Crippen LogP contribution is -2.46. The van der Waals surface area contributed by atoms with Crippen molar-refractivity contribution in [3.63, 3.8) is 0 Å². The lowest BCUT2D eigenvalue weighted by atomic mass is 9.97. The van der Waals surface area contributed by atoms with Gasteiger partial charge >= 0.3 is 0 Å². The summed E-state index contributed by atoms with van der Waals surface area (Å²) >= 11 is 1.86. The molecule has 0 bridgehead atoms. The average molecular weight is 362 g/mol. The Morgan fingerprint density at radius 2 is 2.08 bits per heavy atom. The molecule has 1 saturated carbocycles. The second-order valence-corrected chi connectivity index (χ2v) is 8.49. The largest absolute Gasteiger partial charge is 0.344 e. The van der Waals surface area contributed by atoms with Gasteiger partial charge in [-0.2, -0.15) is 0 Å². The number of non-ortho nitro benzene ring substituents is 1. The zero-order valence-corrected chi connectivity index (χ0v) is 16.1. The molecule has 1 aromatic carbocycles. The average Bonchev–Trinajstić information content (AvgIpc) is 3.17. The maximum atomic E-state index is 11.0. The van der Waals surface area contributed by atoms with E-state index in [0.29, 0.717) is 5.92 Å². The van der Waals surface area contributed by atoms with Gasteiger partial charge in [-0.3, -0.25) is 10.1 Å². The van der Waals surface area contributed by atoms with E-state index in [-0.39, 0.29) is 16.1 Å². The molecule has 0 atom stereocenters. The molecule has 1 spiro atoms. The Bertz CT molecular complexity index is 681. The molecule has 1 heterocycles. The van der Waals surface area contributed by atoms with Gasteiger partial charge in [0.05, 0.1) is 16.1 Å². The van der Waals surface area contributed by atoms with Crippen molar-refractivity contribution in [2.24, 2.45) is 10.9 Å². The molecule has 25 heavy (non-hydrogen) atoms. The van der Waals surface area contributed by atoms with Crippen LogP contribution in [0.2, 0.25) is 0 Å². The zero-order chi connectivity index (χ0) is 18.0. The number of rotatable bonds is 5. The monoisotopic (exact) mass is 361 g/mol. The lowest BCUT2D eigenvalue weighted by molar-refractivity contribution is -0.384. The highest BCUT2D eigenvalue weighted by Crippen LogP contribution is 2.45. The predicted molar refractivity (Wildman–Crippen MR) is 105 cm³/mol. The molecule has 1 aromatic rings. The van der Waals surface area contributed by atoms with Crippen LogP contribution in [-0.2, 0) is 6.42 Å². The molecule has 136 valence electrons. The summed E-state index contributed by atoms with van der Waals surface area (Å²) < 4.78 is 0. The highest BCUT2D eigenvalue weighted by Gasteiger charge is 2.46. The highest BCUT2D eigenvalue weighted by atomic mass is 32.2. The van der Waals surface area contributed by atoms with Gasteiger partial charge in [-0.15, -0.1) is 0 Å². The van der Waals surface area contributed by atoms with Gasteiger partial charge in [0.25, 0.3) is 5.69 Å². The van der Waals surface area contributed by atoms with Crippen LogP contribution in [0.4, 0.5) is 11.4 Å². The molecule has 5 nitrogen and oxygen atoms in total. The fourth-order valence-electron chi connectivity index (χ4n) is 3.92. The number of amidine groups is 1. The number of aryl methyl sites for hydroxylation is 1. The van der Waals surface area contributed by atoms with Crippen molar-refractivity contribution in [1.82, 2.24) is 4.90 Å². The first-order valence-corrected chi connectivity index (χ1v) is 10.2. The SMILES string of the molecule is CCc1cc([N+](=O)[O-])ccc1N=C1SCC2(CCCC2)N1CC(C)C. The van der Waals surface area contributed by atoms with Gasteiger partial charge in [-0.1, -0.05) is 45.4 Å². The Morgan fingerprint density at radius 3 is 2.68 bits per heavy atom. The molecule has 3 rings (SSSR count). The van der Waals surface area contributed by atoms with E-state index in [4.69, 9.17) is 4.99 Å². The van der Waals surface area contributed by atoms with Gasteiger partial charge in [0.15, 0.2) is 5.17 Å². The van der Waals surface area contributed by atoms with Crippen LogP contribution in [0.5, 0.6) is 0 Å². The van der Waals surface area contributed by atoms with Crippen LogP contribution >= 0.6 is 11.8 Å². The Labute approximate surface area is 154 Å². The first kappa shape index (κ1) is 18.2. The molecule has 6 heteroatoms. The van der Waals surface area contributed by atoms with Crippen molar-refractivity contribution in [2.45, 2.75) is 58.4 Å². The molecule has 1 aliphatic heterocycles. The minimum atomic E-state index is -0.334. The maximum absolute atomic E-state index is 11.0. The van der Waals surface area contributed by atoms with E-state index in [0.717, 1.165) is 35.1 Å². The van der Waals surface area contributed by atoms with Crippen LogP contribution in [0.25, 0.3) is 0 Å². The molecule has 0 N–H and O–H groups in total. The molecule has 0 aromatic heterocycles. The predicted octanol–water partition coefficient (Wildman–Crippen LogP) is 5.16. The summed E-state index contributed by atoms with van der Waals surface area (Å²) in [5.74, 6) is 1.70. The summed E-state index contributed by atoms with van der Waals surface area (Å²) in [4.78, 5) is 18.2. The zero-order valence-electron chi connectivity index (χ0n) is 15.3. The van der Waals surface area contributed by atoms with E-state index >= 15 is 0 Å². The fraction of sp³-hybridized carbons (Fsp3) is 0.632. The molecule has 2 fully saturated rings. The Hall–Kier alpha value is -1.56. The summed E-state index contributed by atoms with van der Waals surface area (Å²) in [6, 6.07) is 5.03. The third-order valence-corrected chi connectivity index (χ3v) is 6.48. The van der Waals surface area contributed by atoms with Gasteiger partial charge in [-0.05, 0) is 36.8 Å². The van der Waals surface area contributed by atoms with E-state index in [1.54, 1.807) is 18.2 Å². The second-order valence-electron chi connectivity index (χ2n) is 7.54. The van der Waals surface area contributed by atoms with Crippen LogP contribution in [0, 0.1) is 16.0 Å². The smallest absolute Gasteiger partial charge is 0.269 e. The van der Waals surface area contributed by atoms with E-state index in [9.17, 15) is 10.1 Å². The normalized spacial score (nSPS) is 21.0. The Morgan fingerprint density at radius 1 is 1.36 bits per heavy atom. The molecular formula is C19H27N3O2S. The minimum Gasteiger partial charge on any atom is -0.344 e. The van der Waals surface area contributed by atoms with E-state index < -0.39 is 0 Å². The summed E-state index contributed by atoms with van der Waals surface area (Å²) in [7, 11) is 0. The first-order valence-electron chi connectivity index (χ1n) is 9.21. The third-order valence-electron chi connectivity index (χ3n) is 5.23. The number of hydrogen-bond acceptors (Lipinski definition) is 4. The lowest BCUT2D eigenvalue weighted by Gasteiger charge is -2.37. The maximum Gasteiger partial charge on any atom is 0.269 e. The number of hydrogen-bond donors (Lipinski definition) is 0. The van der Waals surface area contributed by atoms with E-state index in [1.165, 1.54) is 25.7 Å². The van der Waals surface area contributed by atoms with Crippen molar-refractivity contribution in [3.05, 3.63) is 33.9 Å². The number of aliphatic imine (C=N–C) groups is 1. The molecule has 2 aliphatic rings. The van der Waals surface area contributed by atoms with Crippen LogP contribution in [0.1, 0.15) is 52.0 Å². The quantitative estimate of drug-likeness (QED) is 0.537. The van der Waals surface area contributed by atoms with Crippen LogP contribution in [-0.4, -0.2) is 32.8 Å². The van der Waals surface area contributed by atoms with Crippen molar-refractivity contribution in [3.8, 4) is 0 Å². The number of thioether (sulfide) groups is 1. The molecular weight excluding hydrogens is 334 g/mol. The third kappa shape index (κ3) is 3.68. The summed E-state index contributed by atoms with van der Waals surface area (Å²) in [5.41, 5.74) is 2.24. The van der Waals surface area contributed by atoms with Crippen molar-refractivity contribution in [2.75, 3.05) is 12.3 Å². The van der Waals surface area contributed by atoms with Crippen molar-refractivity contribution in [1.29, 1.82) is 0 Å². The molecule has 0 radical (unpaired) electrons. The Kier molecular flexibility index (Phi) is 5.37. The van der Waals surface area contributed by atoms with Crippen molar-refractivity contribution >= 4 is 28.3 Å². The highest BCUT2D eigenvalue weighted by molar-refractivity contribution is 8.14. The molecule has 0 amide bonds. The van der Waals surface area contributed by atoms with Crippen LogP contribution in [0.3, 0.4) is 0 Å². The topological polar surface area (TPSA) is 58.7 Å². The molecule has 1 aliphatic carbocycles. The van der Waals surface area contributed by atoms with Gasteiger partial charge in [0, 0.05) is 24.4 Å². The number of nitrogens with zero attached hydrogens (tertiary/aromatic N) is 3. The summed E-state index contributed by atoms with van der Waals surface area (Å²) in [6.45, 7) is 7.56. The number of nitro groups is 1. The van der Waals surface area contributed by atoms with Gasteiger partial charge < -0.3 is 4.90 Å². The summed E-state index contributed by atoms with van der Waals surface area (Å²) in [5, 5.41) is 12.1. The van der Waals surface area contributed by atoms with Gasteiger partial charge in [0.1, 0.15) is 0 Å². The van der Waals surface area contributed by atoms with Crippen LogP contribution < -0.4 is 0 Å². The number of benzene rings is 1. The van der Waals surface area contributed by atoms with E-state index in [1.807, 2.05) is 18.7 Å². The number of nitro benzene ring substituents is 1. The molecule has 1 saturated heterocycles. The minimum absolute atomic E-state index is 0.145. The van der Waals surface area contributed by atoms with Crippen molar-refractivity contribution < 1.29 is 4.92 Å². The van der Waals surface area contributed by atoms with Gasteiger partial charge in [0.2, 0.25) is 0 Å². The summed E-state index contributed by atoms with van der Waals surface area (Å²) in [6.07, 6.45) is 5.87. The fourth-order valence-corrected chi connectivity index (χ4v) is 5.34. The van der Waals surface area contributed by atoms with Crippen LogP contribution in [0.15, 0.2) is 23.2 Å². The van der Waals surface area contributed by atoms with E-state index in [2.05, 4.69) is 18.7 Å². The van der Waals surface area contributed by atoms with Gasteiger partial charge in [-0.25, -0.2) is 4.99 Å².